The molecule has 0 aliphatic rings. The molecule has 2 aromatic carbocycles. The van der Waals surface area contributed by atoms with Gasteiger partial charge in [0, 0.05) is 11.1 Å². The molecule has 114 valence electrons. The third-order valence-corrected chi connectivity index (χ3v) is 3.14. The fourth-order valence-corrected chi connectivity index (χ4v) is 1.93. The van der Waals surface area contributed by atoms with Crippen LogP contribution >= 0.6 is 0 Å². The molecule has 0 saturated heterocycles. The molecule has 0 heterocycles. The number of aryl methyl sites for hydroxylation is 1. The summed E-state index contributed by atoms with van der Waals surface area (Å²) in [7, 11) is 1.23. The van der Waals surface area contributed by atoms with Crippen LogP contribution in [0.1, 0.15) is 28.4 Å². The number of methoxy groups -OCH3 is 1. The van der Waals surface area contributed by atoms with E-state index in [0.29, 0.717) is 11.1 Å². The topological polar surface area (TPSA) is 59.3 Å². The van der Waals surface area contributed by atoms with Gasteiger partial charge in [-0.25, -0.2) is 4.79 Å². The molecule has 0 bridgehead atoms. The number of carbonyl (C=O) groups is 1. The van der Waals surface area contributed by atoms with Crippen molar-refractivity contribution < 1.29 is 14.3 Å². The maximum Gasteiger partial charge on any atom is 0.509 e. The first kappa shape index (κ1) is 16.1. The summed E-state index contributed by atoms with van der Waals surface area (Å²) in [6, 6.07) is 16.6. The smallest absolute Gasteiger partial charge is 0.438 e. The first-order chi connectivity index (χ1) is 11.1. The van der Waals surface area contributed by atoms with Crippen molar-refractivity contribution >= 4 is 6.16 Å². The lowest BCUT2D eigenvalue weighted by molar-refractivity contribution is 0.0549. The van der Waals surface area contributed by atoms with Crippen LogP contribution in [0.15, 0.2) is 48.5 Å². The van der Waals surface area contributed by atoms with Gasteiger partial charge < -0.3 is 9.47 Å². The monoisotopic (exact) mass is 305 g/mol. The summed E-state index contributed by atoms with van der Waals surface area (Å²) in [6.07, 6.45) is -1.72. The van der Waals surface area contributed by atoms with Gasteiger partial charge in [0.05, 0.1) is 18.7 Å². The number of hydrogen-bond acceptors (Lipinski definition) is 4. The molecule has 2 aromatic rings. The molecule has 4 nitrogen and oxygen atoms in total. The van der Waals surface area contributed by atoms with Gasteiger partial charge in [-0.1, -0.05) is 41.8 Å². The van der Waals surface area contributed by atoms with Crippen molar-refractivity contribution in [3.8, 4) is 17.9 Å². The molecule has 0 N–H and O–H groups in total. The number of carbonyl (C=O) groups excluding carboxylic acids is 1. The third-order valence-electron chi connectivity index (χ3n) is 3.14. The summed E-state index contributed by atoms with van der Waals surface area (Å²) in [6.45, 7) is 1.99. The molecule has 1 atom stereocenters. The Labute approximate surface area is 135 Å². The Morgan fingerprint density at radius 2 is 1.83 bits per heavy atom. The average molecular weight is 305 g/mol. The van der Waals surface area contributed by atoms with E-state index in [1.54, 1.807) is 24.3 Å². The van der Waals surface area contributed by atoms with Gasteiger partial charge in [-0.05, 0) is 31.0 Å². The average Bonchev–Trinajstić information content (AvgIpc) is 2.59. The molecule has 0 aromatic heterocycles. The lowest BCUT2D eigenvalue weighted by Crippen LogP contribution is -2.11. The molecule has 0 radical (unpaired) electrons. The highest BCUT2D eigenvalue weighted by atomic mass is 16.7. The van der Waals surface area contributed by atoms with Crippen molar-refractivity contribution in [2.75, 3.05) is 7.11 Å². The van der Waals surface area contributed by atoms with Gasteiger partial charge in [-0.3, -0.25) is 0 Å². The van der Waals surface area contributed by atoms with Gasteiger partial charge >= 0.3 is 6.16 Å². The van der Waals surface area contributed by atoms with E-state index in [1.807, 2.05) is 31.2 Å². The quantitative estimate of drug-likeness (QED) is 0.626. The van der Waals surface area contributed by atoms with Crippen molar-refractivity contribution in [3.05, 3.63) is 70.8 Å². The predicted octanol–water partition coefficient (Wildman–Crippen LogP) is 3.74. The standard InChI is InChI=1S/C19H15NO3/c1-14-7-9-15(10-8-14)11-12-18(23-19(21)22-2)17-6-4-3-5-16(17)13-20/h3-10,18H,1-2H3. The Kier molecular flexibility index (Phi) is 5.39. The summed E-state index contributed by atoms with van der Waals surface area (Å²) >= 11 is 0. The van der Waals surface area contributed by atoms with E-state index in [2.05, 4.69) is 22.6 Å². The Balaban J connectivity index is 2.37. The summed E-state index contributed by atoms with van der Waals surface area (Å²) in [5.41, 5.74) is 2.86. The van der Waals surface area contributed by atoms with Gasteiger partial charge in [0.25, 0.3) is 0 Å². The molecule has 1 unspecified atom stereocenters. The summed E-state index contributed by atoms with van der Waals surface area (Å²) in [4.78, 5) is 11.5. The molecule has 0 fully saturated rings. The first-order valence-electron chi connectivity index (χ1n) is 6.96. The first-order valence-corrected chi connectivity index (χ1v) is 6.96. The molecule has 0 saturated carbocycles. The number of ether oxygens (including phenoxy) is 2. The lowest BCUT2D eigenvalue weighted by Gasteiger charge is -2.12. The lowest BCUT2D eigenvalue weighted by atomic mass is 10.0. The molecule has 4 heteroatoms. The molecule has 0 spiro atoms. The van der Waals surface area contributed by atoms with Crippen LogP contribution in [0.2, 0.25) is 0 Å². The largest absolute Gasteiger partial charge is 0.509 e. The van der Waals surface area contributed by atoms with Crippen molar-refractivity contribution in [2.45, 2.75) is 13.0 Å². The normalized spacial score (nSPS) is 10.7. The van der Waals surface area contributed by atoms with Crippen LogP contribution in [0.5, 0.6) is 0 Å². The zero-order chi connectivity index (χ0) is 16.7. The highest BCUT2D eigenvalue weighted by molar-refractivity contribution is 5.61. The van der Waals surface area contributed by atoms with Gasteiger partial charge in [0.15, 0.2) is 6.10 Å². The second-order valence-corrected chi connectivity index (χ2v) is 4.79. The van der Waals surface area contributed by atoms with Crippen LogP contribution in [0.25, 0.3) is 0 Å². The van der Waals surface area contributed by atoms with Crippen molar-refractivity contribution in [2.24, 2.45) is 0 Å². The van der Waals surface area contributed by atoms with Crippen LogP contribution in [0.3, 0.4) is 0 Å². The van der Waals surface area contributed by atoms with Gasteiger partial charge in [-0.2, -0.15) is 5.26 Å². The molecular weight excluding hydrogens is 290 g/mol. The van der Waals surface area contributed by atoms with E-state index in [-0.39, 0.29) is 0 Å². The second kappa shape index (κ2) is 7.68. The second-order valence-electron chi connectivity index (χ2n) is 4.79. The summed E-state index contributed by atoms with van der Waals surface area (Å²) in [5, 5.41) is 9.20. The van der Waals surface area contributed by atoms with Crippen LogP contribution in [-0.4, -0.2) is 13.3 Å². The minimum atomic E-state index is -0.875. The van der Waals surface area contributed by atoms with Crippen LogP contribution < -0.4 is 0 Å². The fourth-order valence-electron chi connectivity index (χ4n) is 1.93. The molecular formula is C19H15NO3. The minimum Gasteiger partial charge on any atom is -0.438 e. The molecule has 0 aliphatic carbocycles. The molecule has 0 aliphatic heterocycles. The number of benzene rings is 2. The fraction of sp³-hybridized carbons (Fsp3) is 0.158. The Morgan fingerprint density at radius 3 is 2.48 bits per heavy atom. The maximum absolute atomic E-state index is 11.5. The third kappa shape index (κ3) is 4.36. The van der Waals surface area contributed by atoms with E-state index >= 15 is 0 Å². The molecule has 2 rings (SSSR count). The number of rotatable bonds is 2. The van der Waals surface area contributed by atoms with E-state index in [1.165, 1.54) is 7.11 Å². The Morgan fingerprint density at radius 1 is 1.13 bits per heavy atom. The van der Waals surface area contributed by atoms with Crippen molar-refractivity contribution in [3.63, 3.8) is 0 Å². The van der Waals surface area contributed by atoms with Gasteiger partial charge in [0.2, 0.25) is 0 Å². The Bertz CT molecular complexity index is 792. The van der Waals surface area contributed by atoms with Gasteiger partial charge in [-0.15, -0.1) is 0 Å². The van der Waals surface area contributed by atoms with E-state index in [9.17, 15) is 10.1 Å². The SMILES string of the molecule is COC(=O)OC(C#Cc1ccc(C)cc1)c1ccccc1C#N. The molecule has 23 heavy (non-hydrogen) atoms. The van der Waals surface area contributed by atoms with Crippen LogP contribution in [0.4, 0.5) is 4.79 Å². The van der Waals surface area contributed by atoms with E-state index in [0.717, 1.165) is 11.1 Å². The summed E-state index contributed by atoms with van der Waals surface area (Å²) < 4.78 is 9.72. The highest BCUT2D eigenvalue weighted by Gasteiger charge is 2.18. The number of nitrogens with zero attached hydrogens (tertiary/aromatic N) is 1. The number of nitriles is 1. The van der Waals surface area contributed by atoms with E-state index < -0.39 is 12.3 Å². The van der Waals surface area contributed by atoms with Crippen molar-refractivity contribution in [1.82, 2.24) is 0 Å². The van der Waals surface area contributed by atoms with E-state index in [4.69, 9.17) is 4.74 Å². The van der Waals surface area contributed by atoms with Gasteiger partial charge in [0.1, 0.15) is 0 Å². The van der Waals surface area contributed by atoms with Crippen LogP contribution in [0, 0.1) is 30.1 Å². The zero-order valence-corrected chi connectivity index (χ0v) is 12.9. The molecule has 0 amide bonds. The Hall–Kier alpha value is -3.24. The van der Waals surface area contributed by atoms with Crippen LogP contribution in [-0.2, 0) is 9.47 Å². The predicted molar refractivity (Wildman–Crippen MR) is 85.4 cm³/mol. The minimum absolute atomic E-state index is 0.402. The number of hydrogen-bond donors (Lipinski definition) is 0. The highest BCUT2D eigenvalue weighted by Crippen LogP contribution is 2.21. The van der Waals surface area contributed by atoms with Crippen molar-refractivity contribution in [1.29, 1.82) is 5.26 Å². The zero-order valence-electron chi connectivity index (χ0n) is 12.9. The summed E-state index contributed by atoms with van der Waals surface area (Å²) in [5.74, 6) is 5.85. The maximum atomic E-state index is 11.5.